The smallest absolute Gasteiger partial charge is 0.179 e. The Balaban J connectivity index is 1.27. The Labute approximate surface area is 395 Å². The van der Waals surface area contributed by atoms with Crippen LogP contribution in [0.1, 0.15) is 23.3 Å². The predicted molar refractivity (Wildman–Crippen MR) is 271 cm³/mol. The molecular formula is C60H40N2OSi. The molecule has 0 bridgehead atoms. The summed E-state index contributed by atoms with van der Waals surface area (Å²) in [4.78, 5) is 0. The topological polar surface area (TPSA) is 23.0 Å². The highest BCUT2D eigenvalue weighted by Gasteiger charge is 2.42. The van der Waals surface area contributed by atoms with Crippen molar-refractivity contribution in [2.75, 3.05) is 0 Å². The quantitative estimate of drug-likeness (QED) is 0.116. The first-order chi connectivity index (χ1) is 38.8. The highest BCUT2D eigenvalue weighted by Crippen LogP contribution is 2.45. The maximum atomic E-state index is 10.6. The molecule has 0 saturated carbocycles. The number of benzene rings is 10. The molecule has 13 rings (SSSR count). The number of fused-ring (bicyclic) bond motifs is 10. The molecule has 0 aliphatic carbocycles. The largest absolute Gasteiger partial charge is 0.454 e. The standard InChI is InChI=1S/C60H40N2OSi/c1-4-20-41(21-5-1)42-22-18-28-46(38-42)64(44-24-6-2-7-25-44,45-26-8-3-9-27-45)47-29-19-23-43(39-47)61-53-34-14-12-32-50(53)52-40-56(60-58(59(52)61)51-33-13-17-37-57(51)63-60)62-54-35-15-10-30-48(54)49-31-11-16-36-55(49)62/h1-40H/i10D,11D,12D,13D,14D,15D,16D,17D,30D,31D,32D,33D,34D,35D,36D,37D,40D. The van der Waals surface area contributed by atoms with Crippen LogP contribution in [0.3, 0.4) is 0 Å². The van der Waals surface area contributed by atoms with Crippen molar-refractivity contribution in [3.63, 3.8) is 0 Å². The van der Waals surface area contributed by atoms with Gasteiger partial charge in [-0.05, 0) is 74.2 Å². The fourth-order valence-electron chi connectivity index (χ4n) is 9.62. The third kappa shape index (κ3) is 5.33. The van der Waals surface area contributed by atoms with Crippen LogP contribution in [0.5, 0.6) is 0 Å². The molecule has 3 nitrogen and oxygen atoms in total. The molecule has 13 aromatic rings. The Morgan fingerprint density at radius 3 is 1.53 bits per heavy atom. The summed E-state index contributed by atoms with van der Waals surface area (Å²) in [7, 11) is -3.50. The van der Waals surface area contributed by atoms with E-state index in [0.29, 0.717) is 5.69 Å². The van der Waals surface area contributed by atoms with E-state index in [0.717, 1.165) is 36.4 Å². The minimum Gasteiger partial charge on any atom is -0.454 e. The predicted octanol–water partition coefficient (Wildman–Crippen LogP) is 12.8. The van der Waals surface area contributed by atoms with Gasteiger partial charge in [0.05, 0.1) is 56.4 Å². The maximum absolute atomic E-state index is 10.6. The average molecular weight is 850 g/mol. The molecule has 0 N–H and O–H groups in total. The van der Waals surface area contributed by atoms with E-state index in [2.05, 4.69) is 42.5 Å². The summed E-state index contributed by atoms with van der Waals surface area (Å²) in [6.07, 6.45) is 0. The molecule has 0 amide bonds. The number of para-hydroxylation sites is 4. The van der Waals surface area contributed by atoms with Gasteiger partial charge in [0, 0.05) is 32.6 Å². The zero-order chi connectivity index (χ0) is 57.0. The summed E-state index contributed by atoms with van der Waals surface area (Å²) in [6.45, 7) is 0. The van der Waals surface area contributed by atoms with Crippen LogP contribution >= 0.6 is 0 Å². The van der Waals surface area contributed by atoms with E-state index >= 15 is 0 Å². The van der Waals surface area contributed by atoms with Gasteiger partial charge in [-0.2, -0.15) is 0 Å². The van der Waals surface area contributed by atoms with Gasteiger partial charge in [-0.25, -0.2) is 0 Å². The molecule has 0 saturated heterocycles. The molecule has 0 atom stereocenters. The third-order valence-electron chi connectivity index (χ3n) is 12.2. The van der Waals surface area contributed by atoms with Crippen molar-refractivity contribution in [1.82, 2.24) is 9.13 Å². The second kappa shape index (κ2) is 14.5. The monoisotopic (exact) mass is 849 g/mol. The number of nitrogens with zero attached hydrogens (tertiary/aromatic N) is 2. The van der Waals surface area contributed by atoms with Crippen LogP contribution in [0.2, 0.25) is 0 Å². The molecular weight excluding hydrogens is 793 g/mol. The minimum atomic E-state index is -3.50. The molecule has 3 aromatic heterocycles. The summed E-state index contributed by atoms with van der Waals surface area (Å²) >= 11 is 0. The van der Waals surface area contributed by atoms with Crippen LogP contribution < -0.4 is 20.7 Å². The zero-order valence-corrected chi connectivity index (χ0v) is 34.6. The van der Waals surface area contributed by atoms with Crippen LogP contribution in [0.4, 0.5) is 0 Å². The molecule has 0 fully saturated rings. The van der Waals surface area contributed by atoms with Crippen molar-refractivity contribution in [2.45, 2.75) is 0 Å². The van der Waals surface area contributed by atoms with Gasteiger partial charge in [0.15, 0.2) is 13.7 Å². The summed E-state index contributed by atoms with van der Waals surface area (Å²) in [6, 6.07) is 34.9. The Morgan fingerprint density at radius 2 is 0.891 bits per heavy atom. The van der Waals surface area contributed by atoms with Crippen molar-refractivity contribution >= 4 is 94.4 Å². The molecule has 0 spiro atoms. The summed E-state index contributed by atoms with van der Waals surface area (Å²) < 4.78 is 167. The highest BCUT2D eigenvalue weighted by molar-refractivity contribution is 7.20. The lowest BCUT2D eigenvalue weighted by Crippen LogP contribution is -2.74. The van der Waals surface area contributed by atoms with Gasteiger partial charge >= 0.3 is 0 Å². The van der Waals surface area contributed by atoms with Gasteiger partial charge in [0.1, 0.15) is 5.58 Å². The lowest BCUT2D eigenvalue weighted by atomic mass is 10.1. The van der Waals surface area contributed by atoms with Gasteiger partial charge in [-0.3, -0.25) is 0 Å². The normalized spacial score (nSPS) is 15.8. The van der Waals surface area contributed by atoms with E-state index in [9.17, 15) is 13.7 Å². The fourth-order valence-corrected chi connectivity index (χ4v) is 14.4. The van der Waals surface area contributed by atoms with Crippen molar-refractivity contribution in [3.8, 4) is 22.5 Å². The first kappa shape index (κ1) is 23.3. The first-order valence-electron chi connectivity index (χ1n) is 29.1. The second-order valence-corrected chi connectivity index (χ2v) is 19.3. The van der Waals surface area contributed by atoms with E-state index in [-0.39, 0.29) is 48.9 Å². The lowest BCUT2D eigenvalue weighted by molar-refractivity contribution is 0.666. The van der Waals surface area contributed by atoms with E-state index in [4.69, 9.17) is 14.0 Å². The average Bonchev–Trinajstić information content (AvgIpc) is 2.61. The van der Waals surface area contributed by atoms with E-state index < -0.39 is 133 Å². The van der Waals surface area contributed by atoms with Crippen LogP contribution in [0, 0.1) is 0 Å². The Kier molecular flexibility index (Phi) is 5.26. The molecule has 3 heterocycles. The van der Waals surface area contributed by atoms with Crippen molar-refractivity contribution < 1.29 is 27.7 Å². The summed E-state index contributed by atoms with van der Waals surface area (Å²) in [5, 5.41) is 2.44. The second-order valence-electron chi connectivity index (χ2n) is 15.5. The lowest BCUT2D eigenvalue weighted by Gasteiger charge is -2.35. The van der Waals surface area contributed by atoms with Crippen molar-refractivity contribution in [1.29, 1.82) is 0 Å². The molecule has 0 aliphatic rings. The zero-order valence-electron chi connectivity index (χ0n) is 50.6. The highest BCUT2D eigenvalue weighted by atomic mass is 28.3. The summed E-state index contributed by atoms with van der Waals surface area (Å²) in [5.41, 5.74) is 0.127. The Morgan fingerprint density at radius 1 is 0.406 bits per heavy atom. The molecule has 0 radical (unpaired) electrons. The number of furan rings is 1. The van der Waals surface area contributed by atoms with E-state index in [1.807, 2.05) is 91.0 Å². The number of hydrogen-bond donors (Lipinski definition) is 0. The maximum Gasteiger partial charge on any atom is 0.179 e. The van der Waals surface area contributed by atoms with Gasteiger partial charge in [-0.1, -0.05) is 200 Å². The minimum absolute atomic E-state index is 0.0379. The Hall–Kier alpha value is -8.18. The third-order valence-corrected chi connectivity index (χ3v) is 17.0. The SMILES string of the molecule is [2H]c1c([2H])c([2H])c2c(oc3c(-n4c5c([2H])c([2H])c([2H])c([2H])c5c5c([2H])c([2H])c([2H])c([2H])c54)c([2H])c4c5c([2H])c([2H])c([2H])c([2H])c5n(-c5cccc([Si](c6ccccc6)(c6ccccc6)c6cccc(-c7ccccc7)c6)c5)c4c32)c1[2H]. The number of hydrogen-bond acceptors (Lipinski definition) is 1. The van der Waals surface area contributed by atoms with Crippen LogP contribution in [0.25, 0.3) is 88.1 Å². The van der Waals surface area contributed by atoms with Crippen LogP contribution in [0.15, 0.2) is 247 Å². The number of aromatic nitrogens is 2. The van der Waals surface area contributed by atoms with Gasteiger partial charge in [0.25, 0.3) is 0 Å². The van der Waals surface area contributed by atoms with E-state index in [1.54, 1.807) is 10.6 Å². The van der Waals surface area contributed by atoms with Gasteiger partial charge in [-0.15, -0.1) is 0 Å². The molecule has 0 unspecified atom stereocenters. The fraction of sp³-hybridized carbons (Fsp3) is 0. The van der Waals surface area contributed by atoms with Crippen molar-refractivity contribution in [2.24, 2.45) is 0 Å². The molecule has 64 heavy (non-hydrogen) atoms. The number of rotatable bonds is 7. The van der Waals surface area contributed by atoms with Crippen molar-refractivity contribution in [3.05, 3.63) is 242 Å². The summed E-state index contributed by atoms with van der Waals surface area (Å²) in [5.74, 6) is 0. The van der Waals surface area contributed by atoms with Gasteiger partial charge < -0.3 is 13.6 Å². The van der Waals surface area contributed by atoms with Crippen LogP contribution in [-0.2, 0) is 0 Å². The Bertz CT molecular complexity index is 4790. The van der Waals surface area contributed by atoms with Gasteiger partial charge in [0.2, 0.25) is 0 Å². The van der Waals surface area contributed by atoms with E-state index in [1.165, 1.54) is 0 Å². The van der Waals surface area contributed by atoms with Crippen LogP contribution in [-0.4, -0.2) is 17.2 Å². The molecule has 0 aliphatic heterocycles. The molecule has 4 heteroatoms. The molecule has 300 valence electrons. The first-order valence-corrected chi connectivity index (χ1v) is 22.6. The molecule has 10 aromatic carbocycles.